The lowest BCUT2D eigenvalue weighted by atomic mass is 10.1. The molecule has 3 rings (SSSR count). The third-order valence-corrected chi connectivity index (χ3v) is 7.46. The summed E-state index contributed by atoms with van der Waals surface area (Å²) in [5.74, 6) is -0.659. The van der Waals surface area contributed by atoms with Gasteiger partial charge in [0.2, 0.25) is 5.91 Å². The van der Waals surface area contributed by atoms with E-state index in [0.29, 0.717) is 4.80 Å². The maximum Gasteiger partial charge on any atom is 0.249 e. The summed E-state index contributed by atoms with van der Waals surface area (Å²) in [5.41, 5.74) is 3.04. The number of nitrogens with zero attached hydrogens (tertiary/aromatic N) is 2. The van der Waals surface area contributed by atoms with Crippen molar-refractivity contribution in [1.82, 2.24) is 4.57 Å². The fourth-order valence-electron chi connectivity index (χ4n) is 3.13. The molecule has 0 unspecified atom stereocenters. The fraction of sp³-hybridized carbons (Fsp3) is 0.364. The van der Waals surface area contributed by atoms with Crippen LogP contribution in [0.3, 0.4) is 0 Å². The molecule has 0 aliphatic rings. The molecule has 0 saturated carbocycles. The molecule has 1 heterocycles. The first-order valence-electron chi connectivity index (χ1n) is 9.78. The van der Waals surface area contributed by atoms with Gasteiger partial charge in [0.05, 0.1) is 21.7 Å². The molecule has 2 aromatic carbocycles. The Hall–Kier alpha value is -2.25. The quantitative estimate of drug-likeness (QED) is 0.542. The normalized spacial score (nSPS) is 12.6. The minimum Gasteiger partial charge on any atom is -0.319 e. The molecule has 0 N–H and O–H groups in total. The summed E-state index contributed by atoms with van der Waals surface area (Å²) in [4.78, 5) is 17.1. The molecule has 0 fully saturated rings. The van der Waals surface area contributed by atoms with Crippen LogP contribution in [0.4, 0.5) is 0 Å². The molecule has 29 heavy (non-hydrogen) atoms. The molecule has 0 aliphatic heterocycles. The van der Waals surface area contributed by atoms with Crippen LogP contribution in [0.2, 0.25) is 0 Å². The predicted molar refractivity (Wildman–Crippen MR) is 119 cm³/mol. The smallest absolute Gasteiger partial charge is 0.249 e. The Kier molecular flexibility index (Phi) is 7.03. The molecule has 0 radical (unpaired) electrons. The number of carbonyl (C=O) groups excluding carboxylic acids is 1. The number of aromatic nitrogens is 1. The van der Waals surface area contributed by atoms with Gasteiger partial charge in [-0.15, -0.1) is 0 Å². The molecule has 154 valence electrons. The lowest BCUT2D eigenvalue weighted by Crippen LogP contribution is -2.16. The van der Waals surface area contributed by atoms with Gasteiger partial charge < -0.3 is 4.57 Å². The largest absolute Gasteiger partial charge is 0.319 e. The number of carbonyl (C=O) groups is 1. The van der Waals surface area contributed by atoms with Crippen molar-refractivity contribution < 1.29 is 13.2 Å². The van der Waals surface area contributed by atoms with E-state index in [-0.39, 0.29) is 17.9 Å². The predicted octanol–water partition coefficient (Wildman–Crippen LogP) is 4.01. The topological polar surface area (TPSA) is 68.5 Å². The van der Waals surface area contributed by atoms with Gasteiger partial charge in [-0.3, -0.25) is 4.79 Å². The molecule has 7 heteroatoms. The van der Waals surface area contributed by atoms with Crippen LogP contribution in [-0.2, 0) is 33.9 Å². The van der Waals surface area contributed by atoms with E-state index in [0.717, 1.165) is 35.0 Å². The second kappa shape index (κ2) is 9.50. The molecule has 0 aliphatic carbocycles. The summed E-state index contributed by atoms with van der Waals surface area (Å²) >= 11 is 1.46. The van der Waals surface area contributed by atoms with Gasteiger partial charge >= 0.3 is 0 Å². The number of hydrogen-bond donors (Lipinski definition) is 0. The lowest BCUT2D eigenvalue weighted by Gasteiger charge is -2.03. The Bertz CT molecular complexity index is 1160. The summed E-state index contributed by atoms with van der Waals surface area (Å²) in [7, 11) is -1.48. The number of sulfone groups is 1. The Labute approximate surface area is 175 Å². The zero-order chi connectivity index (χ0) is 20.9. The Morgan fingerprint density at radius 2 is 1.86 bits per heavy atom. The highest BCUT2D eigenvalue weighted by Gasteiger charge is 2.15. The van der Waals surface area contributed by atoms with Gasteiger partial charge in [0.15, 0.2) is 14.6 Å². The van der Waals surface area contributed by atoms with Gasteiger partial charge in [0, 0.05) is 13.5 Å². The lowest BCUT2D eigenvalue weighted by molar-refractivity contribution is -0.117. The fourth-order valence-corrected chi connectivity index (χ4v) is 5.56. The van der Waals surface area contributed by atoms with E-state index in [4.69, 9.17) is 0 Å². The maximum absolute atomic E-state index is 12.3. The van der Waals surface area contributed by atoms with E-state index in [2.05, 4.69) is 30.1 Å². The van der Waals surface area contributed by atoms with Crippen LogP contribution >= 0.6 is 11.3 Å². The molecular weight excluding hydrogens is 404 g/mol. The van der Waals surface area contributed by atoms with Gasteiger partial charge in [0.25, 0.3) is 0 Å². The highest BCUT2D eigenvalue weighted by Crippen LogP contribution is 2.19. The number of hydrogen-bond acceptors (Lipinski definition) is 4. The molecule has 5 nitrogen and oxygen atoms in total. The zero-order valence-electron chi connectivity index (χ0n) is 16.8. The summed E-state index contributed by atoms with van der Waals surface area (Å²) < 4.78 is 27.6. The molecule has 0 atom stereocenters. The monoisotopic (exact) mass is 430 g/mol. The van der Waals surface area contributed by atoms with Crippen LogP contribution in [0.15, 0.2) is 53.5 Å². The molecular formula is C22H26N2O3S2. The van der Waals surface area contributed by atoms with Crippen molar-refractivity contribution in [2.24, 2.45) is 12.0 Å². The van der Waals surface area contributed by atoms with Crippen LogP contribution in [0.5, 0.6) is 0 Å². The standard InChI is InChI=1S/C22H26N2O3S2/c1-3-4-8-17-11-12-19-20(15-17)28-22(24(19)2)23-21(25)13-14-29(26,27)16-18-9-6-5-7-10-18/h5-7,9-12,15H,3-4,8,13-14,16H2,1-2H3. The van der Waals surface area contributed by atoms with E-state index in [1.807, 2.05) is 17.7 Å². The summed E-state index contributed by atoms with van der Waals surface area (Å²) in [6.45, 7) is 2.17. The van der Waals surface area contributed by atoms with E-state index in [9.17, 15) is 13.2 Å². The van der Waals surface area contributed by atoms with Gasteiger partial charge in [0.1, 0.15) is 0 Å². The SMILES string of the molecule is CCCCc1ccc2c(c1)sc(=NC(=O)CCS(=O)(=O)Cc1ccccc1)n2C. The number of rotatable bonds is 8. The third kappa shape index (κ3) is 5.87. The number of fused-ring (bicyclic) bond motifs is 1. The molecule has 1 aromatic heterocycles. The second-order valence-electron chi connectivity index (χ2n) is 7.18. The highest BCUT2D eigenvalue weighted by atomic mass is 32.2. The van der Waals surface area contributed by atoms with E-state index >= 15 is 0 Å². The van der Waals surface area contributed by atoms with Crippen LogP contribution in [0.1, 0.15) is 37.3 Å². The van der Waals surface area contributed by atoms with E-state index in [1.165, 1.54) is 16.9 Å². The van der Waals surface area contributed by atoms with E-state index < -0.39 is 15.7 Å². The number of thiazole rings is 1. The summed E-state index contributed by atoms with van der Waals surface area (Å²) in [6.07, 6.45) is 3.23. The number of unbranched alkanes of at least 4 members (excludes halogenated alkanes) is 1. The molecule has 0 bridgehead atoms. The third-order valence-electron chi connectivity index (χ3n) is 4.77. The summed E-state index contributed by atoms with van der Waals surface area (Å²) in [5, 5.41) is 0. The van der Waals surface area contributed by atoms with Crippen molar-refractivity contribution in [2.45, 2.75) is 38.4 Å². The Balaban J connectivity index is 1.71. The number of benzene rings is 2. The Morgan fingerprint density at radius 1 is 1.10 bits per heavy atom. The average Bonchev–Trinajstić information content (AvgIpc) is 3.00. The number of aryl methyl sites for hydroxylation is 2. The minimum atomic E-state index is -3.36. The van der Waals surface area contributed by atoms with Gasteiger partial charge in [-0.05, 0) is 36.1 Å². The highest BCUT2D eigenvalue weighted by molar-refractivity contribution is 7.90. The average molecular weight is 431 g/mol. The first-order valence-corrected chi connectivity index (χ1v) is 12.4. The Morgan fingerprint density at radius 3 is 2.59 bits per heavy atom. The van der Waals surface area contributed by atoms with Gasteiger partial charge in [-0.2, -0.15) is 4.99 Å². The van der Waals surface area contributed by atoms with Crippen molar-refractivity contribution in [3.05, 3.63) is 64.5 Å². The van der Waals surface area contributed by atoms with Crippen molar-refractivity contribution in [2.75, 3.05) is 5.75 Å². The van der Waals surface area contributed by atoms with Crippen LogP contribution in [0, 0.1) is 0 Å². The molecule has 0 saturated heterocycles. The summed E-state index contributed by atoms with van der Waals surface area (Å²) in [6, 6.07) is 15.3. The zero-order valence-corrected chi connectivity index (χ0v) is 18.4. The number of amides is 1. The van der Waals surface area contributed by atoms with Crippen molar-refractivity contribution >= 4 is 37.3 Å². The molecule has 0 spiro atoms. The first kappa shape index (κ1) is 21.5. The van der Waals surface area contributed by atoms with Crippen LogP contribution in [-0.4, -0.2) is 24.6 Å². The first-order chi connectivity index (χ1) is 13.9. The van der Waals surface area contributed by atoms with E-state index in [1.54, 1.807) is 24.3 Å². The minimum absolute atomic E-state index is 0.0572. The van der Waals surface area contributed by atoms with Crippen molar-refractivity contribution in [1.29, 1.82) is 0 Å². The van der Waals surface area contributed by atoms with Crippen LogP contribution < -0.4 is 4.80 Å². The van der Waals surface area contributed by atoms with Gasteiger partial charge in [-0.25, -0.2) is 8.42 Å². The van der Waals surface area contributed by atoms with Crippen molar-refractivity contribution in [3.8, 4) is 0 Å². The van der Waals surface area contributed by atoms with Crippen LogP contribution in [0.25, 0.3) is 10.2 Å². The second-order valence-corrected chi connectivity index (χ2v) is 10.4. The van der Waals surface area contributed by atoms with Crippen molar-refractivity contribution in [3.63, 3.8) is 0 Å². The molecule has 3 aromatic rings. The maximum atomic E-state index is 12.3. The molecule has 1 amide bonds. The van der Waals surface area contributed by atoms with Gasteiger partial charge in [-0.1, -0.05) is 61.1 Å².